The summed E-state index contributed by atoms with van der Waals surface area (Å²) >= 11 is 0. The standard InChI is InChI=1S/C9H14N2O2S/c1-2-13-5-6-14(12)9-3-4-11-7-8(9)10/h3-4,7H,2,5-6,10H2,1H3. The Labute approximate surface area is 85.9 Å². The Morgan fingerprint density at radius 1 is 1.64 bits per heavy atom. The lowest BCUT2D eigenvalue weighted by Gasteiger charge is -2.04. The predicted molar refractivity (Wildman–Crippen MR) is 56.4 cm³/mol. The lowest BCUT2D eigenvalue weighted by molar-refractivity contribution is 0.164. The highest BCUT2D eigenvalue weighted by molar-refractivity contribution is 7.85. The molecule has 0 amide bonds. The molecule has 0 radical (unpaired) electrons. The van der Waals surface area contributed by atoms with Crippen LogP contribution in [0.25, 0.3) is 0 Å². The van der Waals surface area contributed by atoms with E-state index in [-0.39, 0.29) is 0 Å². The van der Waals surface area contributed by atoms with Gasteiger partial charge in [0.05, 0.1) is 39.9 Å². The van der Waals surface area contributed by atoms with Gasteiger partial charge >= 0.3 is 0 Å². The SMILES string of the molecule is CCOCCS(=O)c1ccncc1N. The number of hydrogen-bond donors (Lipinski definition) is 1. The van der Waals surface area contributed by atoms with Gasteiger partial charge in [-0.05, 0) is 13.0 Å². The summed E-state index contributed by atoms with van der Waals surface area (Å²) in [6.45, 7) is 3.04. The van der Waals surface area contributed by atoms with Crippen molar-refractivity contribution in [3.05, 3.63) is 18.5 Å². The molecule has 1 aromatic heterocycles. The summed E-state index contributed by atoms with van der Waals surface area (Å²) in [6.07, 6.45) is 3.10. The summed E-state index contributed by atoms with van der Waals surface area (Å²) in [5.41, 5.74) is 6.10. The van der Waals surface area contributed by atoms with Crippen LogP contribution in [-0.2, 0) is 15.5 Å². The number of hydrogen-bond acceptors (Lipinski definition) is 4. The van der Waals surface area contributed by atoms with Gasteiger partial charge in [-0.3, -0.25) is 9.19 Å². The maximum absolute atomic E-state index is 11.7. The van der Waals surface area contributed by atoms with Gasteiger partial charge in [-0.1, -0.05) is 0 Å². The lowest BCUT2D eigenvalue weighted by atomic mass is 10.4. The van der Waals surface area contributed by atoms with Crippen LogP contribution in [0.1, 0.15) is 6.92 Å². The third kappa shape index (κ3) is 3.08. The molecule has 2 N–H and O–H groups in total. The van der Waals surface area contributed by atoms with Gasteiger partial charge in [-0.25, -0.2) is 0 Å². The third-order valence-electron chi connectivity index (χ3n) is 1.67. The fraction of sp³-hybridized carbons (Fsp3) is 0.444. The first-order valence-corrected chi connectivity index (χ1v) is 5.73. The van der Waals surface area contributed by atoms with Crippen LogP contribution in [0.3, 0.4) is 0 Å². The Hall–Kier alpha value is -0.940. The fourth-order valence-electron chi connectivity index (χ4n) is 0.990. The van der Waals surface area contributed by atoms with Gasteiger partial charge in [0.2, 0.25) is 0 Å². The van der Waals surface area contributed by atoms with E-state index in [9.17, 15) is 4.21 Å². The molecule has 0 aliphatic rings. The summed E-state index contributed by atoms with van der Waals surface area (Å²) in [6, 6.07) is 1.68. The molecule has 0 aliphatic carbocycles. The fourth-order valence-corrected chi connectivity index (χ4v) is 2.01. The van der Waals surface area contributed by atoms with Crippen LogP contribution < -0.4 is 5.73 Å². The smallest absolute Gasteiger partial charge is 0.0664 e. The van der Waals surface area contributed by atoms with E-state index in [0.29, 0.717) is 29.5 Å². The van der Waals surface area contributed by atoms with Gasteiger partial charge in [-0.15, -0.1) is 0 Å². The molecule has 1 rings (SSSR count). The van der Waals surface area contributed by atoms with E-state index in [2.05, 4.69) is 4.98 Å². The van der Waals surface area contributed by atoms with Crippen LogP contribution in [0.4, 0.5) is 5.69 Å². The molecule has 1 heterocycles. The Balaban J connectivity index is 2.56. The molecule has 1 unspecified atom stereocenters. The van der Waals surface area contributed by atoms with Gasteiger partial charge < -0.3 is 10.5 Å². The van der Waals surface area contributed by atoms with Crippen molar-refractivity contribution in [1.82, 2.24) is 4.98 Å². The van der Waals surface area contributed by atoms with Crippen LogP contribution >= 0.6 is 0 Å². The minimum Gasteiger partial charge on any atom is -0.396 e. The molecule has 0 saturated heterocycles. The molecule has 0 aromatic carbocycles. The summed E-state index contributed by atoms with van der Waals surface area (Å²) < 4.78 is 16.8. The molecular formula is C9H14N2O2S. The number of nitrogen functional groups attached to an aromatic ring is 1. The van der Waals surface area contributed by atoms with Crippen LogP contribution in [0.5, 0.6) is 0 Å². The number of anilines is 1. The summed E-state index contributed by atoms with van der Waals surface area (Å²) in [5.74, 6) is 0.474. The molecule has 0 bridgehead atoms. The number of nitrogens with zero attached hydrogens (tertiary/aromatic N) is 1. The molecular weight excluding hydrogens is 200 g/mol. The minimum atomic E-state index is -1.09. The van der Waals surface area contributed by atoms with Crippen molar-refractivity contribution in [2.75, 3.05) is 24.7 Å². The van der Waals surface area contributed by atoms with Crippen molar-refractivity contribution in [2.24, 2.45) is 0 Å². The Kier molecular flexibility index (Phi) is 4.55. The Bertz CT molecular complexity index is 317. The second kappa shape index (κ2) is 5.72. The van der Waals surface area contributed by atoms with Gasteiger partial charge in [0.25, 0.3) is 0 Å². The first-order valence-electron chi connectivity index (χ1n) is 4.41. The molecule has 1 aromatic rings. The molecule has 0 fully saturated rings. The first-order chi connectivity index (χ1) is 6.75. The molecule has 1 atom stereocenters. The van der Waals surface area contributed by atoms with Crippen molar-refractivity contribution in [1.29, 1.82) is 0 Å². The lowest BCUT2D eigenvalue weighted by Crippen LogP contribution is -2.08. The largest absolute Gasteiger partial charge is 0.396 e. The number of pyridine rings is 1. The summed E-state index contributed by atoms with van der Waals surface area (Å²) in [4.78, 5) is 4.47. The molecule has 0 aliphatic heterocycles. The zero-order valence-electron chi connectivity index (χ0n) is 8.10. The normalized spacial score (nSPS) is 12.6. The monoisotopic (exact) mass is 214 g/mol. The van der Waals surface area contributed by atoms with E-state index in [1.165, 1.54) is 6.20 Å². The number of nitrogens with two attached hydrogens (primary N) is 1. The molecule has 14 heavy (non-hydrogen) atoms. The number of ether oxygens (including phenoxy) is 1. The highest BCUT2D eigenvalue weighted by atomic mass is 32.2. The van der Waals surface area contributed by atoms with Crippen molar-refractivity contribution in [3.8, 4) is 0 Å². The highest BCUT2D eigenvalue weighted by Gasteiger charge is 2.06. The number of aromatic nitrogens is 1. The predicted octanol–water partition coefficient (Wildman–Crippen LogP) is 0.808. The van der Waals surface area contributed by atoms with E-state index in [4.69, 9.17) is 10.5 Å². The molecule has 0 spiro atoms. The quantitative estimate of drug-likeness (QED) is 0.737. The van der Waals surface area contributed by atoms with E-state index >= 15 is 0 Å². The van der Waals surface area contributed by atoms with Crippen LogP contribution in [0.2, 0.25) is 0 Å². The van der Waals surface area contributed by atoms with Crippen molar-refractivity contribution < 1.29 is 8.95 Å². The van der Waals surface area contributed by atoms with E-state index < -0.39 is 10.8 Å². The minimum absolute atomic E-state index is 0.474. The molecule has 0 saturated carbocycles. The van der Waals surface area contributed by atoms with E-state index in [1.54, 1.807) is 12.3 Å². The zero-order chi connectivity index (χ0) is 10.4. The van der Waals surface area contributed by atoms with Crippen LogP contribution in [-0.4, -0.2) is 28.2 Å². The van der Waals surface area contributed by atoms with E-state index in [1.807, 2.05) is 6.92 Å². The van der Waals surface area contributed by atoms with Gasteiger partial charge in [0.15, 0.2) is 0 Å². The van der Waals surface area contributed by atoms with Gasteiger partial charge in [0, 0.05) is 12.8 Å². The zero-order valence-corrected chi connectivity index (χ0v) is 8.92. The maximum Gasteiger partial charge on any atom is 0.0664 e. The number of rotatable bonds is 5. The second-order valence-electron chi connectivity index (χ2n) is 2.66. The third-order valence-corrected chi connectivity index (χ3v) is 3.07. The molecule has 78 valence electrons. The Morgan fingerprint density at radius 2 is 2.43 bits per heavy atom. The molecule has 5 heteroatoms. The van der Waals surface area contributed by atoms with Gasteiger partial charge in [-0.2, -0.15) is 0 Å². The average Bonchev–Trinajstić information content (AvgIpc) is 2.18. The summed E-state index contributed by atoms with van der Waals surface area (Å²) in [7, 11) is -1.09. The first kappa shape index (κ1) is 11.1. The van der Waals surface area contributed by atoms with E-state index in [0.717, 1.165) is 0 Å². The highest BCUT2D eigenvalue weighted by Crippen LogP contribution is 2.13. The van der Waals surface area contributed by atoms with Crippen molar-refractivity contribution in [2.45, 2.75) is 11.8 Å². The van der Waals surface area contributed by atoms with Crippen molar-refractivity contribution >= 4 is 16.5 Å². The Morgan fingerprint density at radius 3 is 3.07 bits per heavy atom. The topological polar surface area (TPSA) is 65.2 Å². The maximum atomic E-state index is 11.7. The van der Waals surface area contributed by atoms with Gasteiger partial charge in [0.1, 0.15) is 0 Å². The summed E-state index contributed by atoms with van der Waals surface area (Å²) in [5, 5.41) is 0. The van der Waals surface area contributed by atoms with Crippen LogP contribution in [0, 0.1) is 0 Å². The van der Waals surface area contributed by atoms with Crippen LogP contribution in [0.15, 0.2) is 23.4 Å². The average molecular weight is 214 g/mol. The second-order valence-corrected chi connectivity index (χ2v) is 4.20. The van der Waals surface area contributed by atoms with Crippen molar-refractivity contribution in [3.63, 3.8) is 0 Å². The molecule has 4 nitrogen and oxygen atoms in total.